The van der Waals surface area contributed by atoms with Gasteiger partial charge in [0.25, 0.3) is 0 Å². The van der Waals surface area contributed by atoms with E-state index in [-0.39, 0.29) is 0 Å². The minimum atomic E-state index is -3.50. The first kappa shape index (κ1) is 18.3. The van der Waals surface area contributed by atoms with Crippen LogP contribution in [0, 0.1) is 13.8 Å². The topological polar surface area (TPSA) is 73.7 Å². The van der Waals surface area contributed by atoms with Crippen molar-refractivity contribution in [3.05, 3.63) is 35.2 Å². The quantitative estimate of drug-likeness (QED) is 0.803. The predicted octanol–water partition coefficient (Wildman–Crippen LogP) is 2.38. The highest BCUT2D eigenvalue weighted by Crippen LogP contribution is 2.39. The number of nitrogens with zero attached hydrogens (tertiary/aromatic N) is 3. The van der Waals surface area contributed by atoms with Crippen LogP contribution in [-0.4, -0.2) is 48.8 Å². The van der Waals surface area contributed by atoms with Crippen LogP contribution in [0.3, 0.4) is 0 Å². The first-order valence-electron chi connectivity index (χ1n) is 9.27. The van der Waals surface area contributed by atoms with Gasteiger partial charge in [0.1, 0.15) is 18.1 Å². The van der Waals surface area contributed by atoms with E-state index < -0.39 is 10.0 Å². The van der Waals surface area contributed by atoms with Crippen LogP contribution in [-0.2, 0) is 17.1 Å². The molecule has 4 rings (SSSR count). The normalized spacial score (nSPS) is 18.6. The third-order valence-electron chi connectivity index (χ3n) is 5.63. The molecule has 0 atom stereocenters. The molecule has 146 valence electrons. The number of sulfonamides is 1. The molecule has 3 heterocycles. The molecule has 1 aromatic carbocycles. The molecule has 0 spiro atoms. The van der Waals surface area contributed by atoms with E-state index in [1.54, 1.807) is 23.0 Å². The van der Waals surface area contributed by atoms with Crippen molar-refractivity contribution < 1.29 is 17.9 Å². The van der Waals surface area contributed by atoms with Gasteiger partial charge in [-0.1, -0.05) is 0 Å². The summed E-state index contributed by atoms with van der Waals surface area (Å²) in [6.07, 6.45) is 3.03. The number of rotatable bonds is 3. The van der Waals surface area contributed by atoms with Crippen LogP contribution < -0.4 is 9.47 Å². The van der Waals surface area contributed by atoms with Crippen LogP contribution in [0.1, 0.15) is 35.6 Å². The van der Waals surface area contributed by atoms with Gasteiger partial charge in [-0.2, -0.15) is 9.40 Å². The zero-order valence-electron chi connectivity index (χ0n) is 15.9. The fourth-order valence-corrected chi connectivity index (χ4v) is 5.58. The van der Waals surface area contributed by atoms with Crippen LogP contribution in [0.4, 0.5) is 0 Å². The summed E-state index contributed by atoms with van der Waals surface area (Å²) in [7, 11) is -1.74. The molecule has 0 saturated carbocycles. The number of benzene rings is 1. The first-order chi connectivity index (χ1) is 12.9. The summed E-state index contributed by atoms with van der Waals surface area (Å²) in [5.41, 5.74) is 3.07. The van der Waals surface area contributed by atoms with Crippen molar-refractivity contribution in [3.63, 3.8) is 0 Å². The van der Waals surface area contributed by atoms with Gasteiger partial charge in [-0.25, -0.2) is 8.42 Å². The molecule has 0 radical (unpaired) electrons. The lowest BCUT2D eigenvalue weighted by Crippen LogP contribution is -2.38. The second-order valence-electron chi connectivity index (χ2n) is 7.25. The Labute approximate surface area is 159 Å². The van der Waals surface area contributed by atoms with E-state index >= 15 is 0 Å². The third kappa shape index (κ3) is 3.21. The Morgan fingerprint density at radius 3 is 2.30 bits per heavy atom. The number of aryl methyl sites for hydroxylation is 2. The number of hydrogen-bond acceptors (Lipinski definition) is 5. The zero-order chi connectivity index (χ0) is 19.2. The van der Waals surface area contributed by atoms with Gasteiger partial charge in [-0.15, -0.1) is 0 Å². The number of aromatic nitrogens is 2. The van der Waals surface area contributed by atoms with Gasteiger partial charge >= 0.3 is 0 Å². The highest BCUT2D eigenvalue weighted by atomic mass is 32.2. The fraction of sp³-hybridized carbons (Fsp3) is 0.526. The average Bonchev–Trinajstić information content (AvgIpc) is 3.01. The van der Waals surface area contributed by atoms with Crippen molar-refractivity contribution in [3.8, 4) is 11.5 Å². The maximum absolute atomic E-state index is 13.0. The first-order valence-corrected chi connectivity index (χ1v) is 10.7. The van der Waals surface area contributed by atoms with E-state index in [1.807, 2.05) is 6.07 Å². The molecule has 27 heavy (non-hydrogen) atoms. The van der Waals surface area contributed by atoms with Crippen LogP contribution in [0.2, 0.25) is 0 Å². The molecule has 7 nitrogen and oxygen atoms in total. The van der Waals surface area contributed by atoms with Crippen molar-refractivity contribution >= 4 is 10.0 Å². The monoisotopic (exact) mass is 391 g/mol. The van der Waals surface area contributed by atoms with E-state index in [9.17, 15) is 8.42 Å². The molecule has 0 bridgehead atoms. The summed E-state index contributed by atoms with van der Waals surface area (Å²) in [4.78, 5) is 0.305. The maximum Gasteiger partial charge on any atom is 0.246 e. The maximum atomic E-state index is 13.0. The van der Waals surface area contributed by atoms with Gasteiger partial charge in [-0.05, 0) is 55.9 Å². The molecular weight excluding hydrogens is 366 g/mol. The van der Waals surface area contributed by atoms with Crippen LogP contribution >= 0.6 is 0 Å². The lowest BCUT2D eigenvalue weighted by molar-refractivity contribution is 0.171. The molecule has 0 aliphatic carbocycles. The number of ether oxygens (including phenoxy) is 2. The van der Waals surface area contributed by atoms with E-state index in [0.29, 0.717) is 42.8 Å². The Balaban J connectivity index is 1.52. The molecule has 1 fully saturated rings. The summed E-state index contributed by atoms with van der Waals surface area (Å²) in [5, 5.41) is 4.08. The van der Waals surface area contributed by atoms with Gasteiger partial charge in [0.05, 0.1) is 11.9 Å². The lowest BCUT2D eigenvalue weighted by Gasteiger charge is -2.32. The molecule has 0 amide bonds. The minimum absolute atomic E-state index is 0.305. The van der Waals surface area contributed by atoms with Crippen molar-refractivity contribution in [1.29, 1.82) is 0 Å². The molecule has 1 saturated heterocycles. The average molecular weight is 391 g/mol. The van der Waals surface area contributed by atoms with Gasteiger partial charge in [0, 0.05) is 20.1 Å². The number of piperidine rings is 1. The molecule has 8 heteroatoms. The molecule has 1 aromatic heterocycles. The van der Waals surface area contributed by atoms with Crippen LogP contribution in [0.5, 0.6) is 11.5 Å². The van der Waals surface area contributed by atoms with Gasteiger partial charge in [-0.3, -0.25) is 4.68 Å². The van der Waals surface area contributed by atoms with Crippen LogP contribution in [0.15, 0.2) is 23.2 Å². The Hall–Kier alpha value is -2.06. The molecule has 0 unspecified atom stereocenters. The summed E-state index contributed by atoms with van der Waals surface area (Å²) in [6, 6.07) is 4.11. The molecular formula is C19H25N3O4S. The molecule has 0 N–H and O–H groups in total. The number of hydrogen-bond donors (Lipinski definition) is 0. The number of fused-ring (bicyclic) bond motifs is 1. The highest BCUT2D eigenvalue weighted by Gasteiger charge is 2.33. The van der Waals surface area contributed by atoms with Gasteiger partial charge < -0.3 is 9.47 Å². The summed E-state index contributed by atoms with van der Waals surface area (Å²) < 4.78 is 40.5. The van der Waals surface area contributed by atoms with Crippen molar-refractivity contribution in [1.82, 2.24) is 14.1 Å². The van der Waals surface area contributed by atoms with Crippen LogP contribution in [0.25, 0.3) is 0 Å². The van der Waals surface area contributed by atoms with Gasteiger partial charge in [0.15, 0.2) is 11.5 Å². The molecule has 2 aromatic rings. The predicted molar refractivity (Wildman–Crippen MR) is 101 cm³/mol. The molecule has 2 aliphatic rings. The van der Waals surface area contributed by atoms with Gasteiger partial charge in [0.2, 0.25) is 10.0 Å². The smallest absolute Gasteiger partial charge is 0.246 e. The molecule has 2 aliphatic heterocycles. The summed E-state index contributed by atoms with van der Waals surface area (Å²) in [5.74, 6) is 1.92. The standard InChI is InChI=1S/C19H25N3O4S/c1-13-10-17-18(26-9-8-25-17)11-16(13)15-4-6-22(7-5-15)27(23,24)19-12-20-21(3)14(19)2/h10-12,15H,4-9H2,1-3H3. The zero-order valence-corrected chi connectivity index (χ0v) is 16.8. The largest absolute Gasteiger partial charge is 0.486 e. The lowest BCUT2D eigenvalue weighted by atomic mass is 9.87. The minimum Gasteiger partial charge on any atom is -0.486 e. The SMILES string of the molecule is Cc1cc2c(cc1C1CCN(S(=O)(=O)c3cnn(C)c3C)CC1)OCCO2. The Bertz CT molecular complexity index is 960. The fourth-order valence-electron chi connectivity index (χ4n) is 3.92. The Kier molecular flexibility index (Phi) is 4.63. The third-order valence-corrected chi connectivity index (χ3v) is 7.63. The highest BCUT2D eigenvalue weighted by molar-refractivity contribution is 7.89. The summed E-state index contributed by atoms with van der Waals surface area (Å²) in [6.45, 7) is 6.03. The summed E-state index contributed by atoms with van der Waals surface area (Å²) >= 11 is 0. The van der Waals surface area contributed by atoms with E-state index in [4.69, 9.17) is 9.47 Å². The Morgan fingerprint density at radius 2 is 1.70 bits per heavy atom. The van der Waals surface area contributed by atoms with Crippen molar-refractivity contribution in [2.75, 3.05) is 26.3 Å². The second-order valence-corrected chi connectivity index (χ2v) is 9.16. The van der Waals surface area contributed by atoms with E-state index in [0.717, 1.165) is 24.3 Å². The second kappa shape index (κ2) is 6.83. The van der Waals surface area contributed by atoms with Crippen molar-refractivity contribution in [2.24, 2.45) is 7.05 Å². The van der Waals surface area contributed by atoms with E-state index in [2.05, 4.69) is 18.1 Å². The Morgan fingerprint density at radius 1 is 1.07 bits per heavy atom. The van der Waals surface area contributed by atoms with Crippen molar-refractivity contribution in [2.45, 2.75) is 37.5 Å². The van der Waals surface area contributed by atoms with E-state index in [1.165, 1.54) is 17.3 Å².